The summed E-state index contributed by atoms with van der Waals surface area (Å²) in [6.07, 6.45) is -4.50. The summed E-state index contributed by atoms with van der Waals surface area (Å²) in [4.78, 5) is 2.14. The smallest absolute Gasteiger partial charge is 0.309 e. The summed E-state index contributed by atoms with van der Waals surface area (Å²) >= 11 is 0. The van der Waals surface area contributed by atoms with Crippen LogP contribution in [0, 0.1) is 0 Å². The second-order valence-corrected chi connectivity index (χ2v) is 5.30. The van der Waals surface area contributed by atoms with Crippen molar-refractivity contribution in [2.45, 2.75) is 51.4 Å². The Morgan fingerprint density at radius 2 is 2.00 bits per heavy atom. The second kappa shape index (κ2) is 4.92. The summed E-state index contributed by atoms with van der Waals surface area (Å²) in [6, 6.07) is 0.321. The van der Waals surface area contributed by atoms with Gasteiger partial charge < -0.3 is 5.32 Å². The number of hydrogen-bond donors (Lipinski definition) is 1. The van der Waals surface area contributed by atoms with E-state index in [-0.39, 0.29) is 12.0 Å². The number of hydrogen-bond acceptors (Lipinski definition) is 2. The van der Waals surface area contributed by atoms with E-state index in [1.807, 2.05) is 0 Å². The Kier molecular flexibility index (Phi) is 4.23. The van der Waals surface area contributed by atoms with Crippen LogP contribution in [0.5, 0.6) is 0 Å². The van der Waals surface area contributed by atoms with Crippen molar-refractivity contribution in [3.63, 3.8) is 0 Å². The number of piperazine rings is 1. The first-order valence-corrected chi connectivity index (χ1v) is 5.75. The Labute approximate surface area is 95.2 Å². The van der Waals surface area contributed by atoms with Gasteiger partial charge in [-0.25, -0.2) is 0 Å². The third-order valence-corrected chi connectivity index (χ3v) is 3.00. The lowest BCUT2D eigenvalue weighted by molar-refractivity contribution is -0.136. The molecule has 96 valence electrons. The molecule has 1 aliphatic rings. The first-order valence-electron chi connectivity index (χ1n) is 5.75. The monoisotopic (exact) mass is 238 g/mol. The maximum atomic E-state index is 12.0. The summed E-state index contributed by atoms with van der Waals surface area (Å²) in [6.45, 7) is 8.40. The molecule has 5 heteroatoms. The van der Waals surface area contributed by atoms with Crippen LogP contribution in [0.1, 0.15) is 33.6 Å². The molecule has 0 aromatic heterocycles. The normalized spacial score (nSPS) is 27.0. The molecule has 0 aliphatic carbocycles. The highest BCUT2D eigenvalue weighted by Crippen LogP contribution is 2.22. The second-order valence-electron chi connectivity index (χ2n) is 5.30. The quantitative estimate of drug-likeness (QED) is 0.812. The van der Waals surface area contributed by atoms with Crippen molar-refractivity contribution in [3.8, 4) is 0 Å². The van der Waals surface area contributed by atoms with E-state index in [2.05, 4.69) is 31.0 Å². The lowest BCUT2D eigenvalue weighted by Gasteiger charge is -2.43. The van der Waals surface area contributed by atoms with E-state index in [1.165, 1.54) is 0 Å². The molecule has 1 fully saturated rings. The van der Waals surface area contributed by atoms with E-state index >= 15 is 0 Å². The van der Waals surface area contributed by atoms with E-state index in [0.717, 1.165) is 13.1 Å². The molecule has 0 aromatic carbocycles. The van der Waals surface area contributed by atoms with Crippen molar-refractivity contribution in [3.05, 3.63) is 0 Å². The van der Waals surface area contributed by atoms with E-state index in [0.29, 0.717) is 12.6 Å². The Morgan fingerprint density at radius 3 is 2.56 bits per heavy atom. The zero-order chi connectivity index (χ0) is 12.4. The van der Waals surface area contributed by atoms with Crippen LogP contribution in [-0.2, 0) is 0 Å². The van der Waals surface area contributed by atoms with E-state index in [9.17, 15) is 13.2 Å². The summed E-state index contributed by atoms with van der Waals surface area (Å²) in [5.74, 6) is 0. The van der Waals surface area contributed by atoms with Gasteiger partial charge in [-0.05, 0) is 33.7 Å². The highest BCUT2D eigenvalue weighted by atomic mass is 19.4. The molecule has 2 nitrogen and oxygen atoms in total. The lowest BCUT2D eigenvalue weighted by atomic mass is 9.99. The van der Waals surface area contributed by atoms with Gasteiger partial charge in [-0.1, -0.05) is 0 Å². The van der Waals surface area contributed by atoms with E-state index in [1.54, 1.807) is 0 Å². The minimum atomic E-state index is -4.02. The van der Waals surface area contributed by atoms with Crippen LogP contribution >= 0.6 is 0 Å². The van der Waals surface area contributed by atoms with Crippen molar-refractivity contribution in [2.24, 2.45) is 0 Å². The van der Waals surface area contributed by atoms with Gasteiger partial charge in [0.25, 0.3) is 0 Å². The summed E-state index contributed by atoms with van der Waals surface area (Å²) < 4.78 is 36.1. The van der Waals surface area contributed by atoms with Gasteiger partial charge in [-0.15, -0.1) is 0 Å². The van der Waals surface area contributed by atoms with E-state index in [4.69, 9.17) is 0 Å². The molecule has 0 amide bonds. The fourth-order valence-corrected chi connectivity index (χ4v) is 2.05. The molecule has 1 atom stereocenters. The fraction of sp³-hybridized carbons (Fsp3) is 1.00. The van der Waals surface area contributed by atoms with Crippen LogP contribution < -0.4 is 5.32 Å². The summed E-state index contributed by atoms with van der Waals surface area (Å²) in [7, 11) is 0. The molecule has 0 radical (unpaired) electrons. The van der Waals surface area contributed by atoms with Crippen molar-refractivity contribution in [1.82, 2.24) is 10.2 Å². The summed E-state index contributed by atoms with van der Waals surface area (Å²) in [5.41, 5.74) is 0.00470. The van der Waals surface area contributed by atoms with Gasteiger partial charge in [0, 0.05) is 31.1 Å². The lowest BCUT2D eigenvalue weighted by Crippen LogP contribution is -2.60. The van der Waals surface area contributed by atoms with Gasteiger partial charge in [0.05, 0.1) is 0 Å². The number of alkyl halides is 3. The number of halogens is 3. The van der Waals surface area contributed by atoms with Crippen molar-refractivity contribution in [2.75, 3.05) is 19.6 Å². The molecule has 0 saturated carbocycles. The molecular formula is C11H21F3N2. The maximum Gasteiger partial charge on any atom is 0.389 e. The zero-order valence-corrected chi connectivity index (χ0v) is 10.2. The fourth-order valence-electron chi connectivity index (χ4n) is 2.05. The molecule has 1 N–H and O–H groups in total. The number of nitrogens with one attached hydrogen (secondary N) is 1. The predicted octanol–water partition coefficient (Wildman–Crippen LogP) is 2.40. The molecular weight excluding hydrogens is 217 g/mol. The average Bonchev–Trinajstić information content (AvgIpc) is 2.09. The van der Waals surface area contributed by atoms with Gasteiger partial charge >= 0.3 is 6.18 Å². The number of nitrogens with zero attached hydrogens (tertiary/aromatic N) is 1. The van der Waals surface area contributed by atoms with Crippen LogP contribution in [0.2, 0.25) is 0 Å². The topological polar surface area (TPSA) is 15.3 Å². The largest absolute Gasteiger partial charge is 0.389 e. The highest BCUT2D eigenvalue weighted by Gasteiger charge is 2.31. The Morgan fingerprint density at radius 1 is 1.38 bits per heavy atom. The molecule has 0 bridgehead atoms. The van der Waals surface area contributed by atoms with Crippen molar-refractivity contribution < 1.29 is 13.2 Å². The third-order valence-electron chi connectivity index (χ3n) is 3.00. The van der Waals surface area contributed by atoms with Gasteiger partial charge in [0.15, 0.2) is 0 Å². The van der Waals surface area contributed by atoms with Crippen LogP contribution in [0.25, 0.3) is 0 Å². The van der Waals surface area contributed by atoms with Crippen LogP contribution in [0.3, 0.4) is 0 Å². The first kappa shape index (κ1) is 13.8. The molecule has 16 heavy (non-hydrogen) atoms. The summed E-state index contributed by atoms with van der Waals surface area (Å²) in [5, 5.41) is 3.38. The van der Waals surface area contributed by atoms with Crippen LogP contribution in [0.4, 0.5) is 13.2 Å². The molecule has 1 rings (SSSR count). The van der Waals surface area contributed by atoms with Gasteiger partial charge in [0.1, 0.15) is 0 Å². The molecule has 1 heterocycles. The zero-order valence-electron chi connectivity index (χ0n) is 10.2. The minimum absolute atomic E-state index is 0.00470. The van der Waals surface area contributed by atoms with Gasteiger partial charge in [0.2, 0.25) is 0 Å². The van der Waals surface area contributed by atoms with Crippen molar-refractivity contribution >= 4 is 0 Å². The third kappa shape index (κ3) is 4.70. The predicted molar refractivity (Wildman–Crippen MR) is 58.4 cm³/mol. The molecule has 0 spiro atoms. The van der Waals surface area contributed by atoms with Crippen molar-refractivity contribution in [1.29, 1.82) is 0 Å². The Hall–Kier alpha value is -0.290. The highest BCUT2D eigenvalue weighted by molar-refractivity contribution is 4.90. The molecule has 1 unspecified atom stereocenters. The standard InChI is InChI=1S/C11H21F3N2/c1-9-7-15-10(2,3)8-16(9)6-4-5-11(12,13)14/h9,15H,4-8H2,1-3H3. The maximum absolute atomic E-state index is 12.0. The minimum Gasteiger partial charge on any atom is -0.309 e. The first-order chi connectivity index (χ1) is 7.20. The SMILES string of the molecule is CC1CNC(C)(C)CN1CCCC(F)(F)F. The van der Waals surface area contributed by atoms with E-state index < -0.39 is 12.6 Å². The molecule has 0 aromatic rings. The molecule has 1 saturated heterocycles. The van der Waals surface area contributed by atoms with Crippen LogP contribution in [-0.4, -0.2) is 42.3 Å². The number of rotatable bonds is 3. The average molecular weight is 238 g/mol. The van der Waals surface area contributed by atoms with Gasteiger partial charge in [-0.3, -0.25) is 4.90 Å². The Bertz CT molecular complexity index is 226. The Balaban J connectivity index is 2.35. The van der Waals surface area contributed by atoms with Crippen LogP contribution in [0.15, 0.2) is 0 Å². The van der Waals surface area contributed by atoms with Gasteiger partial charge in [-0.2, -0.15) is 13.2 Å². The molecule has 1 aliphatic heterocycles.